The molecular formula is C32H37N3O7. The van der Waals surface area contributed by atoms with Gasteiger partial charge in [-0.25, -0.2) is 9.59 Å². The lowest BCUT2D eigenvalue weighted by molar-refractivity contribution is -0.149. The van der Waals surface area contributed by atoms with Gasteiger partial charge in [-0.05, 0) is 79.3 Å². The molecule has 222 valence electrons. The molecule has 3 aromatic rings. The summed E-state index contributed by atoms with van der Waals surface area (Å²) in [5.74, 6) is -2.26. The second kappa shape index (κ2) is 14.7. The average molecular weight is 576 g/mol. The number of carboxylic acid groups (broad SMARTS) is 1. The number of carboxylic acids is 1. The number of hydrogen-bond acceptors (Lipinski definition) is 6. The van der Waals surface area contributed by atoms with Crippen molar-refractivity contribution in [2.45, 2.75) is 53.0 Å². The van der Waals surface area contributed by atoms with Gasteiger partial charge in [0, 0.05) is 5.69 Å². The van der Waals surface area contributed by atoms with E-state index in [0.29, 0.717) is 17.0 Å². The Morgan fingerprint density at radius 3 is 2.10 bits per heavy atom. The minimum Gasteiger partial charge on any atom is -0.497 e. The summed E-state index contributed by atoms with van der Waals surface area (Å²) in [6, 6.07) is 14.0. The summed E-state index contributed by atoms with van der Waals surface area (Å²) in [4.78, 5) is 50.2. The van der Waals surface area contributed by atoms with Crippen molar-refractivity contribution in [1.82, 2.24) is 5.32 Å². The Hall–Kier alpha value is -4.86. The number of urea groups is 1. The fourth-order valence-electron chi connectivity index (χ4n) is 4.58. The summed E-state index contributed by atoms with van der Waals surface area (Å²) in [6.07, 6.45) is 1.39. The molecule has 0 saturated carbocycles. The minimum atomic E-state index is -1.52. The molecular weight excluding hydrogens is 538 g/mol. The van der Waals surface area contributed by atoms with E-state index < -0.39 is 36.3 Å². The molecule has 3 rings (SSSR count). The van der Waals surface area contributed by atoms with Gasteiger partial charge in [-0.15, -0.1) is 0 Å². The zero-order valence-electron chi connectivity index (χ0n) is 24.5. The van der Waals surface area contributed by atoms with Crippen LogP contribution in [-0.2, 0) is 20.7 Å². The Morgan fingerprint density at radius 1 is 0.881 bits per heavy atom. The number of nitrogens with one attached hydrogen (secondary N) is 3. The molecule has 0 aliphatic heterocycles. The summed E-state index contributed by atoms with van der Waals surface area (Å²) in [6.45, 7) is 7.62. The fourth-order valence-corrected chi connectivity index (χ4v) is 4.58. The van der Waals surface area contributed by atoms with Crippen LogP contribution in [0.4, 0.5) is 16.2 Å². The fraction of sp³-hybridized carbons (Fsp3) is 0.312. The van der Waals surface area contributed by atoms with Crippen LogP contribution in [-0.4, -0.2) is 48.7 Å². The number of hydrogen-bond donors (Lipinski definition) is 4. The van der Waals surface area contributed by atoms with Gasteiger partial charge in [0.05, 0.1) is 31.4 Å². The van der Waals surface area contributed by atoms with Gasteiger partial charge in [-0.1, -0.05) is 43.7 Å². The molecule has 0 fully saturated rings. The number of methoxy groups -OCH3 is 1. The van der Waals surface area contributed by atoms with E-state index in [0.717, 1.165) is 29.5 Å². The van der Waals surface area contributed by atoms with Crippen LogP contribution in [0.25, 0.3) is 11.1 Å². The quantitative estimate of drug-likeness (QED) is 0.203. The van der Waals surface area contributed by atoms with E-state index in [1.54, 1.807) is 38.3 Å². The number of anilines is 2. The SMILES string of the molecule is CCCc1cc(C)c(NC(=O)Nc2cc(-c3ccc(OC)cc3)ccc2C(=O)N[C@@H](CC(=O)OCC)C(=O)O)c(C)c1. The third-order valence-corrected chi connectivity index (χ3v) is 6.58. The van der Waals surface area contributed by atoms with E-state index in [9.17, 15) is 24.3 Å². The van der Waals surface area contributed by atoms with E-state index in [2.05, 4.69) is 22.9 Å². The van der Waals surface area contributed by atoms with Crippen molar-refractivity contribution in [2.24, 2.45) is 0 Å². The third kappa shape index (κ3) is 8.33. The Balaban J connectivity index is 1.94. The number of carbonyl (C=O) groups excluding carboxylic acids is 3. The first-order valence-electron chi connectivity index (χ1n) is 13.7. The standard InChI is InChI=1S/C32H37N3O7/c1-6-8-21-15-19(3)29(20(4)16-21)35-32(40)34-26-17-23(22-9-12-24(41-5)13-10-22)11-14-25(26)30(37)33-27(31(38)39)18-28(36)42-7-2/h9-17,27H,6-8,18H2,1-5H3,(H,33,37)(H,38,39)(H2,34,35,40)/t27-/m0/s1. The largest absolute Gasteiger partial charge is 0.497 e. The van der Waals surface area contributed by atoms with Crippen molar-refractivity contribution < 1.29 is 33.8 Å². The van der Waals surface area contributed by atoms with Crippen molar-refractivity contribution in [2.75, 3.05) is 24.4 Å². The van der Waals surface area contributed by atoms with E-state index in [1.165, 1.54) is 11.6 Å². The lowest BCUT2D eigenvalue weighted by Gasteiger charge is -2.18. The number of aliphatic carboxylic acids is 1. The predicted octanol–water partition coefficient (Wildman–Crippen LogP) is 5.71. The number of carbonyl (C=O) groups is 4. The average Bonchev–Trinajstić information content (AvgIpc) is 2.95. The number of rotatable bonds is 12. The predicted molar refractivity (Wildman–Crippen MR) is 161 cm³/mol. The molecule has 0 spiro atoms. The molecule has 0 aliphatic carbocycles. The number of ether oxygens (including phenoxy) is 2. The summed E-state index contributed by atoms with van der Waals surface area (Å²) in [5.41, 5.74) is 5.31. The molecule has 0 heterocycles. The summed E-state index contributed by atoms with van der Waals surface area (Å²) < 4.78 is 10.1. The van der Waals surface area contributed by atoms with Crippen molar-refractivity contribution in [3.05, 3.63) is 76.9 Å². The van der Waals surface area contributed by atoms with Crippen LogP contribution in [0.3, 0.4) is 0 Å². The van der Waals surface area contributed by atoms with Crippen molar-refractivity contribution in [3.8, 4) is 16.9 Å². The van der Waals surface area contributed by atoms with Crippen molar-refractivity contribution in [1.29, 1.82) is 0 Å². The summed E-state index contributed by atoms with van der Waals surface area (Å²) in [5, 5.41) is 17.6. The van der Waals surface area contributed by atoms with Crippen LogP contribution in [0.1, 0.15) is 53.7 Å². The van der Waals surface area contributed by atoms with Gasteiger partial charge in [-0.3, -0.25) is 9.59 Å². The normalized spacial score (nSPS) is 11.3. The number of amides is 3. The molecule has 4 N–H and O–H groups in total. The lowest BCUT2D eigenvalue weighted by atomic mass is 10.0. The van der Waals surface area contributed by atoms with Crippen LogP contribution < -0.4 is 20.7 Å². The molecule has 0 aliphatic rings. The van der Waals surface area contributed by atoms with Crippen LogP contribution in [0.2, 0.25) is 0 Å². The van der Waals surface area contributed by atoms with Gasteiger partial charge in [0.1, 0.15) is 11.8 Å². The number of benzene rings is 3. The highest BCUT2D eigenvalue weighted by Gasteiger charge is 2.26. The first-order chi connectivity index (χ1) is 20.1. The van der Waals surface area contributed by atoms with Crippen LogP contribution in [0.15, 0.2) is 54.6 Å². The molecule has 0 bridgehead atoms. The van der Waals surface area contributed by atoms with Crippen LogP contribution >= 0.6 is 0 Å². The highest BCUT2D eigenvalue weighted by atomic mass is 16.5. The van der Waals surface area contributed by atoms with Crippen molar-refractivity contribution in [3.63, 3.8) is 0 Å². The molecule has 10 nitrogen and oxygen atoms in total. The summed E-state index contributed by atoms with van der Waals surface area (Å²) in [7, 11) is 1.57. The molecule has 0 radical (unpaired) electrons. The maximum atomic E-state index is 13.3. The highest BCUT2D eigenvalue weighted by Crippen LogP contribution is 2.29. The zero-order chi connectivity index (χ0) is 30.8. The number of esters is 1. The molecule has 3 amide bonds. The maximum Gasteiger partial charge on any atom is 0.326 e. The van der Waals surface area contributed by atoms with E-state index in [-0.39, 0.29) is 17.9 Å². The molecule has 1 atom stereocenters. The Morgan fingerprint density at radius 2 is 1.52 bits per heavy atom. The zero-order valence-corrected chi connectivity index (χ0v) is 24.5. The number of aryl methyl sites for hydroxylation is 3. The molecule has 10 heteroatoms. The molecule has 0 unspecified atom stereocenters. The minimum absolute atomic E-state index is 0.0178. The van der Waals surface area contributed by atoms with Crippen LogP contribution in [0, 0.1) is 13.8 Å². The topological polar surface area (TPSA) is 143 Å². The van der Waals surface area contributed by atoms with Gasteiger partial charge in [-0.2, -0.15) is 0 Å². The van der Waals surface area contributed by atoms with E-state index in [4.69, 9.17) is 9.47 Å². The second-order valence-corrected chi connectivity index (χ2v) is 9.80. The van der Waals surface area contributed by atoms with Gasteiger partial charge in [0.15, 0.2) is 0 Å². The molecule has 0 aromatic heterocycles. The first kappa shape index (κ1) is 31.7. The van der Waals surface area contributed by atoms with Gasteiger partial charge in [0.2, 0.25) is 0 Å². The van der Waals surface area contributed by atoms with Gasteiger partial charge < -0.3 is 30.5 Å². The Kier molecular flexibility index (Phi) is 11.1. The molecule has 42 heavy (non-hydrogen) atoms. The molecule has 0 saturated heterocycles. The maximum absolute atomic E-state index is 13.3. The summed E-state index contributed by atoms with van der Waals surface area (Å²) >= 11 is 0. The van der Waals surface area contributed by atoms with E-state index >= 15 is 0 Å². The lowest BCUT2D eigenvalue weighted by Crippen LogP contribution is -2.42. The van der Waals surface area contributed by atoms with Gasteiger partial charge >= 0.3 is 18.0 Å². The van der Waals surface area contributed by atoms with Gasteiger partial charge in [0.25, 0.3) is 5.91 Å². The highest BCUT2D eigenvalue weighted by molar-refractivity contribution is 6.08. The van der Waals surface area contributed by atoms with Crippen molar-refractivity contribution >= 4 is 35.3 Å². The first-order valence-corrected chi connectivity index (χ1v) is 13.7. The Labute approximate surface area is 245 Å². The second-order valence-electron chi connectivity index (χ2n) is 9.80. The van der Waals surface area contributed by atoms with E-state index in [1.807, 2.05) is 38.1 Å². The Bertz CT molecular complexity index is 1430. The molecule has 3 aromatic carbocycles. The monoisotopic (exact) mass is 575 g/mol. The third-order valence-electron chi connectivity index (χ3n) is 6.58. The smallest absolute Gasteiger partial charge is 0.326 e. The van der Waals surface area contributed by atoms with Crippen LogP contribution in [0.5, 0.6) is 5.75 Å².